The molecule has 1 heterocycles. The van der Waals surface area contributed by atoms with E-state index in [0.717, 1.165) is 21.9 Å². The van der Waals surface area contributed by atoms with Gasteiger partial charge in [0.15, 0.2) is 0 Å². The summed E-state index contributed by atoms with van der Waals surface area (Å²) in [5, 5.41) is 9.75. The number of hydrogen-bond acceptors (Lipinski definition) is 1. The van der Waals surface area contributed by atoms with Gasteiger partial charge in [0.1, 0.15) is 11.2 Å². The highest BCUT2D eigenvalue weighted by Crippen LogP contribution is 2.50. The van der Waals surface area contributed by atoms with Gasteiger partial charge in [0.2, 0.25) is 0 Å². The number of benzene rings is 8. The minimum Gasteiger partial charge on any atom is -0.456 e. The first kappa shape index (κ1) is 24.0. The van der Waals surface area contributed by atoms with Gasteiger partial charge in [0.05, 0.1) is 0 Å². The predicted octanol–water partition coefficient (Wildman–Crippen LogP) is 12.0. The van der Waals surface area contributed by atoms with Crippen molar-refractivity contribution in [3.63, 3.8) is 0 Å². The van der Waals surface area contributed by atoms with E-state index in [1.54, 1.807) is 0 Å². The van der Waals surface area contributed by atoms with E-state index in [-0.39, 0.29) is 0 Å². The SMILES string of the molecule is c1ccc(-c2c3ccccc3c(-c3ccc4oc5ccccc5c4c3-c3cccc4ccccc34)c3ccccc23)cc1. The zero-order valence-electron chi connectivity index (χ0n) is 23.4. The van der Waals surface area contributed by atoms with Crippen LogP contribution in [0.1, 0.15) is 0 Å². The van der Waals surface area contributed by atoms with Crippen molar-refractivity contribution < 1.29 is 4.42 Å². The third-order valence-electron chi connectivity index (χ3n) is 8.87. The van der Waals surface area contributed by atoms with E-state index in [2.05, 4.69) is 152 Å². The summed E-state index contributed by atoms with van der Waals surface area (Å²) in [7, 11) is 0. The third-order valence-corrected chi connectivity index (χ3v) is 8.87. The van der Waals surface area contributed by atoms with Crippen molar-refractivity contribution in [3.05, 3.63) is 158 Å². The lowest BCUT2D eigenvalue weighted by atomic mass is 9.82. The van der Waals surface area contributed by atoms with Crippen LogP contribution in [0.4, 0.5) is 0 Å². The van der Waals surface area contributed by atoms with Crippen molar-refractivity contribution in [2.24, 2.45) is 0 Å². The molecule has 0 N–H and O–H groups in total. The highest BCUT2D eigenvalue weighted by atomic mass is 16.3. The largest absolute Gasteiger partial charge is 0.456 e. The van der Waals surface area contributed by atoms with Crippen molar-refractivity contribution in [3.8, 4) is 33.4 Å². The number of para-hydroxylation sites is 1. The maximum Gasteiger partial charge on any atom is 0.136 e. The molecule has 0 saturated carbocycles. The second-order valence-corrected chi connectivity index (χ2v) is 11.2. The Hall–Kier alpha value is -5.66. The topological polar surface area (TPSA) is 13.1 Å². The molecule has 9 rings (SSSR count). The average molecular weight is 547 g/mol. The number of hydrogen-bond donors (Lipinski definition) is 0. The fourth-order valence-corrected chi connectivity index (χ4v) is 7.08. The molecule has 0 aliphatic heterocycles. The first-order valence-corrected chi connectivity index (χ1v) is 14.8. The van der Waals surface area contributed by atoms with Crippen LogP contribution in [0.3, 0.4) is 0 Å². The fraction of sp³-hybridized carbons (Fsp3) is 0. The van der Waals surface area contributed by atoms with Crippen LogP contribution in [0.15, 0.2) is 162 Å². The average Bonchev–Trinajstić information content (AvgIpc) is 3.46. The minimum absolute atomic E-state index is 0.905. The lowest BCUT2D eigenvalue weighted by molar-refractivity contribution is 0.669. The Morgan fingerprint density at radius 1 is 0.302 bits per heavy atom. The Bertz CT molecular complexity index is 2440. The van der Waals surface area contributed by atoms with Crippen molar-refractivity contribution in [2.75, 3.05) is 0 Å². The van der Waals surface area contributed by atoms with Gasteiger partial charge in [-0.1, -0.05) is 140 Å². The van der Waals surface area contributed by atoms with Crippen LogP contribution in [0.2, 0.25) is 0 Å². The molecule has 1 heteroatoms. The molecule has 0 bridgehead atoms. The molecule has 0 aliphatic rings. The van der Waals surface area contributed by atoms with Crippen molar-refractivity contribution in [1.29, 1.82) is 0 Å². The predicted molar refractivity (Wildman–Crippen MR) is 183 cm³/mol. The maximum atomic E-state index is 6.47. The van der Waals surface area contributed by atoms with Crippen molar-refractivity contribution in [2.45, 2.75) is 0 Å². The molecular formula is C42H26O. The molecule has 0 atom stereocenters. The van der Waals surface area contributed by atoms with Crippen LogP contribution in [0, 0.1) is 0 Å². The highest BCUT2D eigenvalue weighted by molar-refractivity contribution is 6.26. The van der Waals surface area contributed by atoms with E-state index in [1.165, 1.54) is 65.7 Å². The molecule has 0 fully saturated rings. The highest BCUT2D eigenvalue weighted by Gasteiger charge is 2.23. The summed E-state index contributed by atoms with van der Waals surface area (Å²) in [6.45, 7) is 0. The first-order valence-electron chi connectivity index (χ1n) is 14.8. The Labute approximate surface area is 249 Å². The summed E-state index contributed by atoms with van der Waals surface area (Å²) in [6.07, 6.45) is 0. The molecule has 200 valence electrons. The summed E-state index contributed by atoms with van der Waals surface area (Å²) in [6, 6.07) is 56.7. The van der Waals surface area contributed by atoms with E-state index >= 15 is 0 Å². The van der Waals surface area contributed by atoms with E-state index in [1.807, 2.05) is 6.07 Å². The molecule has 0 spiro atoms. The summed E-state index contributed by atoms with van der Waals surface area (Å²) in [5.74, 6) is 0. The lowest BCUT2D eigenvalue weighted by Gasteiger charge is -2.20. The second kappa shape index (κ2) is 9.44. The van der Waals surface area contributed by atoms with Gasteiger partial charge in [-0.15, -0.1) is 0 Å². The molecule has 9 aromatic rings. The van der Waals surface area contributed by atoms with Crippen molar-refractivity contribution >= 4 is 54.3 Å². The molecule has 0 amide bonds. The molecule has 8 aromatic carbocycles. The first-order chi connectivity index (χ1) is 21.4. The number of furan rings is 1. The van der Waals surface area contributed by atoms with Gasteiger partial charge in [-0.2, -0.15) is 0 Å². The van der Waals surface area contributed by atoms with Gasteiger partial charge in [0.25, 0.3) is 0 Å². The minimum atomic E-state index is 0.905. The van der Waals surface area contributed by atoms with E-state index in [0.29, 0.717) is 0 Å². The molecule has 0 aliphatic carbocycles. The van der Waals surface area contributed by atoms with Gasteiger partial charge < -0.3 is 4.42 Å². The summed E-state index contributed by atoms with van der Waals surface area (Å²) >= 11 is 0. The second-order valence-electron chi connectivity index (χ2n) is 11.2. The monoisotopic (exact) mass is 546 g/mol. The van der Waals surface area contributed by atoms with Crippen molar-refractivity contribution in [1.82, 2.24) is 0 Å². The number of rotatable bonds is 3. The quantitative estimate of drug-likeness (QED) is 0.201. The van der Waals surface area contributed by atoms with Gasteiger partial charge in [-0.25, -0.2) is 0 Å². The standard InChI is InChI=1S/C42H26O/c1-2-14-28(15-3-1)39-31-18-6-8-20-33(31)40(34-21-9-7-19-32(34)39)36-25-26-38-42(35-22-10-11-24-37(35)43-38)41(36)30-23-12-16-27-13-4-5-17-29(27)30/h1-26H. The van der Waals surface area contributed by atoms with E-state index < -0.39 is 0 Å². The van der Waals surface area contributed by atoms with Crippen LogP contribution < -0.4 is 0 Å². The Morgan fingerprint density at radius 2 is 0.860 bits per heavy atom. The Morgan fingerprint density at radius 3 is 1.58 bits per heavy atom. The molecule has 1 aromatic heterocycles. The van der Waals surface area contributed by atoms with Crippen LogP contribution in [0.5, 0.6) is 0 Å². The Kier molecular flexibility index (Phi) is 5.27. The third kappa shape index (κ3) is 3.58. The van der Waals surface area contributed by atoms with Gasteiger partial charge in [0, 0.05) is 16.3 Å². The van der Waals surface area contributed by atoms with Gasteiger partial charge in [-0.3, -0.25) is 0 Å². The van der Waals surface area contributed by atoms with E-state index in [4.69, 9.17) is 4.42 Å². The number of fused-ring (bicyclic) bond motifs is 6. The summed E-state index contributed by atoms with van der Waals surface area (Å²) in [4.78, 5) is 0. The summed E-state index contributed by atoms with van der Waals surface area (Å²) in [5.41, 5.74) is 9.20. The molecular weight excluding hydrogens is 520 g/mol. The molecule has 0 unspecified atom stereocenters. The molecule has 43 heavy (non-hydrogen) atoms. The normalized spacial score (nSPS) is 11.7. The molecule has 1 nitrogen and oxygen atoms in total. The van der Waals surface area contributed by atoms with Crippen LogP contribution >= 0.6 is 0 Å². The molecule has 0 radical (unpaired) electrons. The van der Waals surface area contributed by atoms with E-state index in [9.17, 15) is 0 Å². The van der Waals surface area contributed by atoms with Gasteiger partial charge >= 0.3 is 0 Å². The zero-order valence-corrected chi connectivity index (χ0v) is 23.4. The molecule has 0 saturated heterocycles. The van der Waals surface area contributed by atoms with Crippen LogP contribution in [-0.2, 0) is 0 Å². The summed E-state index contributed by atoms with van der Waals surface area (Å²) < 4.78 is 6.47. The van der Waals surface area contributed by atoms with Crippen LogP contribution in [0.25, 0.3) is 87.6 Å². The Balaban J connectivity index is 1.52. The fourth-order valence-electron chi connectivity index (χ4n) is 7.08. The zero-order chi connectivity index (χ0) is 28.3. The van der Waals surface area contributed by atoms with Crippen LogP contribution in [-0.4, -0.2) is 0 Å². The maximum absolute atomic E-state index is 6.47. The lowest BCUT2D eigenvalue weighted by Crippen LogP contribution is -1.93. The van der Waals surface area contributed by atoms with Gasteiger partial charge in [-0.05, 0) is 78.3 Å². The smallest absolute Gasteiger partial charge is 0.136 e.